The van der Waals surface area contributed by atoms with E-state index in [9.17, 15) is 9.90 Å². The standard InChI is InChI=1S/C19H17NO4/c1-3-9-20-15-10-13(12-21)11-16(23-2)18(15)24-17(19(20)22)14-7-5-4-6-8-14/h1,4-8,10-11,17,21H,9,12H2,2H3. The van der Waals surface area contributed by atoms with Crippen LogP contribution >= 0.6 is 0 Å². The van der Waals surface area contributed by atoms with Gasteiger partial charge in [0, 0.05) is 5.56 Å². The fourth-order valence-electron chi connectivity index (χ4n) is 2.73. The first-order chi connectivity index (χ1) is 11.7. The molecule has 1 aliphatic heterocycles. The fraction of sp³-hybridized carbons (Fsp3) is 0.211. The van der Waals surface area contributed by atoms with Crippen LogP contribution in [0.2, 0.25) is 0 Å². The monoisotopic (exact) mass is 323 g/mol. The Balaban J connectivity index is 2.14. The lowest BCUT2D eigenvalue weighted by Crippen LogP contribution is -2.41. The van der Waals surface area contributed by atoms with Gasteiger partial charge in [-0.1, -0.05) is 36.3 Å². The molecule has 1 unspecified atom stereocenters. The zero-order valence-electron chi connectivity index (χ0n) is 13.2. The van der Waals surface area contributed by atoms with Crippen molar-refractivity contribution in [1.29, 1.82) is 0 Å². The lowest BCUT2D eigenvalue weighted by molar-refractivity contribution is -0.126. The van der Waals surface area contributed by atoms with Crippen LogP contribution in [0, 0.1) is 12.3 Å². The highest BCUT2D eigenvalue weighted by Gasteiger charge is 2.37. The summed E-state index contributed by atoms with van der Waals surface area (Å²) < 4.78 is 11.3. The number of nitrogens with zero attached hydrogens (tertiary/aromatic N) is 1. The molecule has 5 heteroatoms. The Labute approximate surface area is 140 Å². The van der Waals surface area contributed by atoms with Gasteiger partial charge in [-0.05, 0) is 17.7 Å². The van der Waals surface area contributed by atoms with Gasteiger partial charge >= 0.3 is 0 Å². The van der Waals surface area contributed by atoms with Gasteiger partial charge in [-0.25, -0.2) is 0 Å². The van der Waals surface area contributed by atoms with Gasteiger partial charge in [-0.3, -0.25) is 9.69 Å². The predicted octanol–water partition coefficient (Wildman–Crippen LogP) is 2.29. The van der Waals surface area contributed by atoms with E-state index in [1.165, 1.54) is 12.0 Å². The molecular weight excluding hydrogens is 306 g/mol. The first kappa shape index (κ1) is 15.9. The van der Waals surface area contributed by atoms with Crippen molar-refractivity contribution >= 4 is 11.6 Å². The number of carbonyl (C=O) groups excluding carboxylic acids is 1. The number of fused-ring (bicyclic) bond motifs is 1. The van der Waals surface area contributed by atoms with Crippen molar-refractivity contribution in [3.63, 3.8) is 0 Å². The third kappa shape index (κ3) is 2.68. The van der Waals surface area contributed by atoms with Crippen LogP contribution in [0.3, 0.4) is 0 Å². The Bertz CT molecular complexity index is 795. The van der Waals surface area contributed by atoms with E-state index < -0.39 is 6.10 Å². The summed E-state index contributed by atoms with van der Waals surface area (Å²) in [5.74, 6) is 3.15. The number of anilines is 1. The molecule has 0 aliphatic carbocycles. The van der Waals surface area contributed by atoms with Gasteiger partial charge in [0.2, 0.25) is 6.10 Å². The minimum Gasteiger partial charge on any atom is -0.493 e. The second-order valence-corrected chi connectivity index (χ2v) is 5.34. The van der Waals surface area contributed by atoms with Crippen LogP contribution in [0.25, 0.3) is 0 Å². The van der Waals surface area contributed by atoms with Gasteiger partial charge in [0.05, 0.1) is 25.9 Å². The maximum absolute atomic E-state index is 12.9. The molecule has 5 nitrogen and oxygen atoms in total. The molecule has 0 spiro atoms. The van der Waals surface area contributed by atoms with Crippen LogP contribution < -0.4 is 14.4 Å². The second-order valence-electron chi connectivity index (χ2n) is 5.34. The summed E-state index contributed by atoms with van der Waals surface area (Å²) in [6.45, 7) is -0.0690. The van der Waals surface area contributed by atoms with Crippen LogP contribution in [-0.4, -0.2) is 24.7 Å². The fourth-order valence-corrected chi connectivity index (χ4v) is 2.73. The number of benzene rings is 2. The Kier molecular flexibility index (Phi) is 4.41. The number of methoxy groups -OCH3 is 1. The molecule has 3 rings (SSSR count). The lowest BCUT2D eigenvalue weighted by Gasteiger charge is -2.34. The molecule has 0 fully saturated rings. The van der Waals surface area contributed by atoms with Crippen molar-refractivity contribution < 1.29 is 19.4 Å². The average molecular weight is 323 g/mol. The van der Waals surface area contributed by atoms with Crippen molar-refractivity contribution in [2.45, 2.75) is 12.7 Å². The minimum absolute atomic E-state index is 0.108. The molecule has 1 aliphatic rings. The predicted molar refractivity (Wildman–Crippen MR) is 89.9 cm³/mol. The number of terminal acetylenes is 1. The highest BCUT2D eigenvalue weighted by Crippen LogP contribution is 2.45. The van der Waals surface area contributed by atoms with Gasteiger partial charge in [-0.2, -0.15) is 0 Å². The Morgan fingerprint density at radius 3 is 2.71 bits per heavy atom. The Morgan fingerprint density at radius 1 is 1.33 bits per heavy atom. The number of carbonyl (C=O) groups is 1. The number of ether oxygens (including phenoxy) is 2. The van der Waals surface area contributed by atoms with E-state index in [1.54, 1.807) is 12.1 Å². The molecule has 0 bridgehead atoms. The number of hydrogen-bond donors (Lipinski definition) is 1. The maximum atomic E-state index is 12.9. The maximum Gasteiger partial charge on any atom is 0.273 e. The summed E-state index contributed by atoms with van der Waals surface area (Å²) in [4.78, 5) is 14.4. The topological polar surface area (TPSA) is 59.0 Å². The third-order valence-electron chi connectivity index (χ3n) is 3.87. The van der Waals surface area contributed by atoms with Crippen LogP contribution in [-0.2, 0) is 11.4 Å². The van der Waals surface area contributed by atoms with Gasteiger partial charge in [0.1, 0.15) is 0 Å². The first-order valence-corrected chi connectivity index (χ1v) is 7.47. The number of hydrogen-bond acceptors (Lipinski definition) is 4. The Morgan fingerprint density at radius 2 is 2.08 bits per heavy atom. The normalized spacial score (nSPS) is 16.1. The van der Waals surface area contributed by atoms with Crippen LogP contribution in [0.4, 0.5) is 5.69 Å². The highest BCUT2D eigenvalue weighted by atomic mass is 16.5. The molecule has 2 aromatic rings. The van der Waals surface area contributed by atoms with E-state index in [0.717, 1.165) is 5.56 Å². The number of amides is 1. The van der Waals surface area contributed by atoms with E-state index in [-0.39, 0.29) is 19.1 Å². The van der Waals surface area contributed by atoms with E-state index in [0.29, 0.717) is 22.7 Å². The molecule has 24 heavy (non-hydrogen) atoms. The van der Waals surface area contributed by atoms with Gasteiger partial charge < -0.3 is 14.6 Å². The molecule has 2 aromatic carbocycles. The van der Waals surface area contributed by atoms with Crippen molar-refractivity contribution in [3.8, 4) is 23.8 Å². The number of aliphatic hydroxyl groups is 1. The smallest absolute Gasteiger partial charge is 0.273 e. The van der Waals surface area contributed by atoms with Crippen molar-refractivity contribution in [2.24, 2.45) is 0 Å². The molecule has 1 heterocycles. The molecule has 1 amide bonds. The highest BCUT2D eigenvalue weighted by molar-refractivity contribution is 6.01. The molecule has 0 aromatic heterocycles. The summed E-state index contributed by atoms with van der Waals surface area (Å²) in [5, 5.41) is 9.43. The molecular formula is C19H17NO4. The molecule has 0 radical (unpaired) electrons. The summed E-state index contributed by atoms with van der Waals surface area (Å²) in [6.07, 6.45) is 4.65. The van der Waals surface area contributed by atoms with Crippen LogP contribution in [0.1, 0.15) is 17.2 Å². The average Bonchev–Trinajstić information content (AvgIpc) is 2.63. The third-order valence-corrected chi connectivity index (χ3v) is 3.87. The van der Waals surface area contributed by atoms with Crippen molar-refractivity contribution in [2.75, 3.05) is 18.6 Å². The summed E-state index contributed by atoms with van der Waals surface area (Å²) in [5.41, 5.74) is 1.86. The van der Waals surface area contributed by atoms with E-state index in [2.05, 4.69) is 5.92 Å². The summed E-state index contributed by atoms with van der Waals surface area (Å²) in [6, 6.07) is 12.6. The van der Waals surface area contributed by atoms with E-state index in [1.807, 2.05) is 30.3 Å². The lowest BCUT2D eigenvalue weighted by atomic mass is 10.0. The molecule has 0 saturated carbocycles. The largest absolute Gasteiger partial charge is 0.493 e. The summed E-state index contributed by atoms with van der Waals surface area (Å²) in [7, 11) is 1.51. The SMILES string of the molecule is C#CCN1C(=O)C(c2ccccc2)Oc2c(OC)cc(CO)cc21. The molecule has 0 saturated heterocycles. The van der Waals surface area contributed by atoms with Gasteiger partial charge in [-0.15, -0.1) is 6.42 Å². The van der Waals surface area contributed by atoms with Crippen LogP contribution in [0.5, 0.6) is 11.5 Å². The Hall–Kier alpha value is -2.97. The van der Waals surface area contributed by atoms with E-state index in [4.69, 9.17) is 15.9 Å². The minimum atomic E-state index is -0.791. The first-order valence-electron chi connectivity index (χ1n) is 7.47. The number of aliphatic hydroxyl groups excluding tert-OH is 1. The second kappa shape index (κ2) is 6.65. The van der Waals surface area contributed by atoms with E-state index >= 15 is 0 Å². The molecule has 1 atom stereocenters. The number of rotatable bonds is 4. The molecule has 122 valence electrons. The summed E-state index contributed by atoms with van der Waals surface area (Å²) >= 11 is 0. The quantitative estimate of drug-likeness (QED) is 0.877. The van der Waals surface area contributed by atoms with Gasteiger partial charge in [0.15, 0.2) is 11.5 Å². The van der Waals surface area contributed by atoms with Gasteiger partial charge in [0.25, 0.3) is 5.91 Å². The zero-order valence-corrected chi connectivity index (χ0v) is 13.2. The molecule has 1 N–H and O–H groups in total. The van der Waals surface area contributed by atoms with Crippen LogP contribution in [0.15, 0.2) is 42.5 Å². The van der Waals surface area contributed by atoms with Crippen molar-refractivity contribution in [3.05, 3.63) is 53.6 Å². The zero-order chi connectivity index (χ0) is 17.1. The van der Waals surface area contributed by atoms with Crippen molar-refractivity contribution in [1.82, 2.24) is 0 Å².